The Morgan fingerprint density at radius 2 is 1.67 bits per heavy atom. The molecule has 0 saturated carbocycles. The Morgan fingerprint density at radius 1 is 1.04 bits per heavy atom. The van der Waals surface area contributed by atoms with Crippen LogP contribution in [0, 0.1) is 13.8 Å². The highest BCUT2D eigenvalue weighted by molar-refractivity contribution is 6.04. The molecular weight excluding hydrogens is 310 g/mol. The van der Waals surface area contributed by atoms with E-state index in [1.807, 2.05) is 0 Å². The first-order valence-corrected chi connectivity index (χ1v) is 7.44. The predicted octanol–water partition coefficient (Wildman–Crippen LogP) is 2.85. The van der Waals surface area contributed by atoms with Gasteiger partial charge in [0.25, 0.3) is 0 Å². The van der Waals surface area contributed by atoms with Crippen LogP contribution in [-0.4, -0.2) is 35.9 Å². The third-order valence-electron chi connectivity index (χ3n) is 3.74. The van der Waals surface area contributed by atoms with Crippen molar-refractivity contribution in [3.05, 3.63) is 58.4 Å². The largest absolute Gasteiger partial charge is 0.465 e. The second kappa shape index (κ2) is 7.12. The molecule has 1 heterocycles. The van der Waals surface area contributed by atoms with Crippen molar-refractivity contribution >= 4 is 17.7 Å². The summed E-state index contributed by atoms with van der Waals surface area (Å²) in [5.41, 5.74) is 1.94. The smallest absolute Gasteiger partial charge is 0.339 e. The minimum absolute atomic E-state index is 0.237. The number of carbonyl (C=O) groups excluding carboxylic acids is 3. The van der Waals surface area contributed by atoms with E-state index in [9.17, 15) is 14.4 Å². The molecule has 1 aromatic heterocycles. The SMILES string of the molecule is COC(=O)c1c(C)[nH]c(C(=O)[C@@H](C)OC(=O)c2ccccc2)c1C. The van der Waals surface area contributed by atoms with Gasteiger partial charge < -0.3 is 14.5 Å². The molecule has 0 aliphatic carbocycles. The number of Topliss-reactive ketones (excluding diaryl/α,β-unsaturated/α-hetero) is 1. The van der Waals surface area contributed by atoms with Gasteiger partial charge in [-0.2, -0.15) is 0 Å². The summed E-state index contributed by atoms with van der Waals surface area (Å²) in [4.78, 5) is 39.3. The van der Waals surface area contributed by atoms with Crippen molar-refractivity contribution in [2.24, 2.45) is 0 Å². The van der Waals surface area contributed by atoms with Gasteiger partial charge >= 0.3 is 11.9 Å². The number of methoxy groups -OCH3 is 1. The molecule has 0 radical (unpaired) electrons. The van der Waals surface area contributed by atoms with Crippen molar-refractivity contribution in [1.29, 1.82) is 0 Å². The number of aromatic nitrogens is 1. The maximum Gasteiger partial charge on any atom is 0.339 e. The van der Waals surface area contributed by atoms with Crippen LogP contribution in [0.2, 0.25) is 0 Å². The van der Waals surface area contributed by atoms with Gasteiger partial charge in [-0.3, -0.25) is 4.79 Å². The van der Waals surface area contributed by atoms with Crippen LogP contribution in [0.5, 0.6) is 0 Å². The van der Waals surface area contributed by atoms with Crippen LogP contribution in [-0.2, 0) is 9.47 Å². The lowest BCUT2D eigenvalue weighted by Gasteiger charge is -2.12. The summed E-state index contributed by atoms with van der Waals surface area (Å²) in [6, 6.07) is 8.43. The summed E-state index contributed by atoms with van der Waals surface area (Å²) in [5.74, 6) is -1.50. The first kappa shape index (κ1) is 17.5. The quantitative estimate of drug-likeness (QED) is 0.673. The molecule has 1 N–H and O–H groups in total. The predicted molar refractivity (Wildman–Crippen MR) is 87.3 cm³/mol. The molecule has 0 amide bonds. The lowest BCUT2D eigenvalue weighted by molar-refractivity contribution is 0.0316. The number of benzene rings is 1. The molecule has 126 valence electrons. The molecule has 0 saturated heterocycles. The Labute approximate surface area is 139 Å². The maximum atomic E-state index is 12.5. The Hall–Kier alpha value is -2.89. The second-order valence-electron chi connectivity index (χ2n) is 5.39. The third-order valence-corrected chi connectivity index (χ3v) is 3.74. The number of esters is 2. The molecule has 2 rings (SSSR count). The van der Waals surface area contributed by atoms with E-state index in [1.54, 1.807) is 44.2 Å². The summed E-state index contributed by atoms with van der Waals surface area (Å²) in [5, 5.41) is 0. The van der Waals surface area contributed by atoms with Crippen LogP contribution in [0.4, 0.5) is 0 Å². The van der Waals surface area contributed by atoms with Crippen molar-refractivity contribution in [2.45, 2.75) is 26.9 Å². The second-order valence-corrected chi connectivity index (χ2v) is 5.39. The van der Waals surface area contributed by atoms with Gasteiger partial charge in [0.05, 0.1) is 23.9 Å². The fourth-order valence-electron chi connectivity index (χ4n) is 2.46. The monoisotopic (exact) mass is 329 g/mol. The number of hydrogen-bond donors (Lipinski definition) is 1. The van der Waals surface area contributed by atoms with Crippen LogP contribution in [0.3, 0.4) is 0 Å². The van der Waals surface area contributed by atoms with Crippen LogP contribution in [0.25, 0.3) is 0 Å². The van der Waals surface area contributed by atoms with Crippen molar-refractivity contribution in [3.8, 4) is 0 Å². The molecule has 1 aromatic carbocycles. The topological polar surface area (TPSA) is 85.5 Å². The summed E-state index contributed by atoms with van der Waals surface area (Å²) in [6.45, 7) is 4.82. The molecular formula is C18H19NO5. The fourth-order valence-corrected chi connectivity index (χ4v) is 2.46. The van der Waals surface area contributed by atoms with Gasteiger partial charge in [0, 0.05) is 5.69 Å². The summed E-state index contributed by atoms with van der Waals surface area (Å²) >= 11 is 0. The number of aryl methyl sites for hydroxylation is 1. The van der Waals surface area contributed by atoms with Crippen LogP contribution in [0.1, 0.15) is 49.4 Å². The number of rotatable bonds is 5. The van der Waals surface area contributed by atoms with Gasteiger partial charge in [-0.05, 0) is 38.5 Å². The number of carbonyl (C=O) groups is 3. The first-order chi connectivity index (χ1) is 11.4. The van der Waals surface area contributed by atoms with E-state index in [0.717, 1.165) is 0 Å². The van der Waals surface area contributed by atoms with Crippen molar-refractivity contribution in [1.82, 2.24) is 4.98 Å². The Balaban J connectivity index is 2.20. The van der Waals surface area contributed by atoms with Gasteiger partial charge in [0.15, 0.2) is 6.10 Å². The highest BCUT2D eigenvalue weighted by atomic mass is 16.5. The van der Waals surface area contributed by atoms with Crippen LogP contribution < -0.4 is 0 Å². The molecule has 0 aliphatic rings. The van der Waals surface area contributed by atoms with Gasteiger partial charge in [-0.15, -0.1) is 0 Å². The standard InChI is InChI=1S/C18H19NO5/c1-10-14(18(22)23-4)11(2)19-15(10)16(20)12(3)24-17(21)13-8-6-5-7-9-13/h5-9,12,19H,1-4H3/t12-/m1/s1. The summed E-state index contributed by atoms with van der Waals surface area (Å²) in [6.07, 6.45) is -0.986. The highest BCUT2D eigenvalue weighted by Gasteiger charge is 2.27. The van der Waals surface area contributed by atoms with E-state index in [2.05, 4.69) is 4.98 Å². The number of H-pyrrole nitrogens is 1. The average molecular weight is 329 g/mol. The third kappa shape index (κ3) is 3.37. The number of nitrogens with one attached hydrogen (secondary N) is 1. The van der Waals surface area contributed by atoms with Crippen LogP contribution >= 0.6 is 0 Å². The molecule has 0 bridgehead atoms. The normalized spacial score (nSPS) is 11.7. The molecule has 6 heteroatoms. The molecule has 0 unspecified atom stereocenters. The van der Waals surface area contributed by atoms with E-state index in [1.165, 1.54) is 14.0 Å². The lowest BCUT2D eigenvalue weighted by Crippen LogP contribution is -2.25. The highest BCUT2D eigenvalue weighted by Crippen LogP contribution is 2.21. The van der Waals surface area contributed by atoms with Crippen molar-refractivity contribution < 1.29 is 23.9 Å². The van der Waals surface area contributed by atoms with E-state index >= 15 is 0 Å². The van der Waals surface area contributed by atoms with Gasteiger partial charge in [-0.25, -0.2) is 9.59 Å². The fraction of sp³-hybridized carbons (Fsp3) is 0.278. The Morgan fingerprint density at radius 3 is 2.25 bits per heavy atom. The number of hydrogen-bond acceptors (Lipinski definition) is 5. The number of ether oxygens (including phenoxy) is 2. The molecule has 1 atom stereocenters. The van der Waals surface area contributed by atoms with Gasteiger partial charge in [0.1, 0.15) is 0 Å². The number of aromatic amines is 1. The Bertz CT molecular complexity index is 776. The minimum atomic E-state index is -0.986. The maximum absolute atomic E-state index is 12.5. The molecule has 0 aliphatic heterocycles. The summed E-state index contributed by atoms with van der Waals surface area (Å²) in [7, 11) is 1.28. The lowest BCUT2D eigenvalue weighted by atomic mass is 10.1. The average Bonchev–Trinajstić information content (AvgIpc) is 2.88. The zero-order valence-corrected chi connectivity index (χ0v) is 14.0. The van der Waals surface area contributed by atoms with E-state index in [4.69, 9.17) is 9.47 Å². The van der Waals surface area contributed by atoms with E-state index in [-0.39, 0.29) is 5.69 Å². The van der Waals surface area contributed by atoms with Crippen molar-refractivity contribution in [2.75, 3.05) is 7.11 Å². The molecule has 6 nitrogen and oxygen atoms in total. The molecule has 0 spiro atoms. The minimum Gasteiger partial charge on any atom is -0.465 e. The number of ketones is 1. The van der Waals surface area contributed by atoms with E-state index < -0.39 is 23.8 Å². The van der Waals surface area contributed by atoms with Gasteiger partial charge in [0.2, 0.25) is 5.78 Å². The Kier molecular flexibility index (Phi) is 5.18. The first-order valence-electron chi connectivity index (χ1n) is 7.44. The summed E-state index contributed by atoms with van der Waals surface area (Å²) < 4.78 is 9.94. The van der Waals surface area contributed by atoms with Gasteiger partial charge in [-0.1, -0.05) is 18.2 Å². The van der Waals surface area contributed by atoms with Crippen LogP contribution in [0.15, 0.2) is 30.3 Å². The van der Waals surface area contributed by atoms with E-state index in [0.29, 0.717) is 22.4 Å². The zero-order valence-electron chi connectivity index (χ0n) is 14.0. The van der Waals surface area contributed by atoms with Crippen molar-refractivity contribution in [3.63, 3.8) is 0 Å². The molecule has 0 fully saturated rings. The molecule has 2 aromatic rings. The molecule has 24 heavy (non-hydrogen) atoms. The zero-order chi connectivity index (χ0) is 17.9.